The summed E-state index contributed by atoms with van der Waals surface area (Å²) in [6, 6.07) is 15.2. The third-order valence-corrected chi connectivity index (χ3v) is 6.29. The zero-order valence-corrected chi connectivity index (χ0v) is 17.9. The van der Waals surface area contributed by atoms with E-state index in [1.165, 1.54) is 12.1 Å². The Kier molecular flexibility index (Phi) is 6.03. The third-order valence-electron chi connectivity index (χ3n) is 5.18. The van der Waals surface area contributed by atoms with Crippen LogP contribution in [0.3, 0.4) is 0 Å². The van der Waals surface area contributed by atoms with E-state index in [-0.39, 0.29) is 23.5 Å². The van der Waals surface area contributed by atoms with Gasteiger partial charge in [-0.15, -0.1) is 0 Å². The third kappa shape index (κ3) is 4.93. The van der Waals surface area contributed by atoms with E-state index in [1.54, 1.807) is 29.2 Å². The molecule has 3 aromatic rings. The second-order valence-electron chi connectivity index (χ2n) is 7.46. The Balaban J connectivity index is 1.51. The molecule has 1 aliphatic rings. The van der Waals surface area contributed by atoms with E-state index in [0.29, 0.717) is 36.0 Å². The van der Waals surface area contributed by atoms with E-state index in [4.69, 9.17) is 9.26 Å². The van der Waals surface area contributed by atoms with Gasteiger partial charge in [0.05, 0.1) is 4.90 Å². The van der Waals surface area contributed by atoms with Gasteiger partial charge in [-0.2, -0.15) is 4.98 Å². The van der Waals surface area contributed by atoms with Gasteiger partial charge >= 0.3 is 0 Å². The minimum Gasteiger partial charge on any atom is -0.484 e. The molecule has 1 fully saturated rings. The minimum absolute atomic E-state index is 0.0715. The van der Waals surface area contributed by atoms with Gasteiger partial charge in [0, 0.05) is 18.4 Å². The normalized spacial score (nSPS) is 16.8. The van der Waals surface area contributed by atoms with E-state index >= 15 is 0 Å². The van der Waals surface area contributed by atoms with Crippen molar-refractivity contribution in [2.45, 2.75) is 30.2 Å². The Bertz CT molecular complexity index is 1160. The van der Waals surface area contributed by atoms with Gasteiger partial charge in [0.15, 0.2) is 16.4 Å². The molecule has 9 heteroatoms. The molecule has 1 aromatic heterocycles. The van der Waals surface area contributed by atoms with Crippen LogP contribution in [-0.2, 0) is 14.6 Å². The van der Waals surface area contributed by atoms with Crippen LogP contribution in [0.1, 0.15) is 31.2 Å². The minimum atomic E-state index is -3.35. The zero-order chi connectivity index (χ0) is 21.8. The molecule has 8 nitrogen and oxygen atoms in total. The van der Waals surface area contributed by atoms with Crippen LogP contribution in [0.5, 0.6) is 5.75 Å². The van der Waals surface area contributed by atoms with E-state index in [2.05, 4.69) is 10.1 Å². The average Bonchev–Trinajstić information content (AvgIpc) is 3.28. The summed E-state index contributed by atoms with van der Waals surface area (Å²) in [5.41, 5.74) is 0.541. The number of piperidine rings is 1. The lowest BCUT2D eigenvalue weighted by molar-refractivity contribution is -0.138. The Hall–Kier alpha value is -3.20. The van der Waals surface area contributed by atoms with Crippen LogP contribution >= 0.6 is 0 Å². The number of aromatic nitrogens is 2. The molecule has 31 heavy (non-hydrogen) atoms. The maximum atomic E-state index is 12.8. The lowest BCUT2D eigenvalue weighted by atomic mass is 10.0. The molecular formula is C22H23N3O5S. The highest BCUT2D eigenvalue weighted by Crippen LogP contribution is 2.31. The lowest BCUT2D eigenvalue weighted by Gasteiger charge is -2.33. The van der Waals surface area contributed by atoms with Gasteiger partial charge in [0.2, 0.25) is 11.7 Å². The fourth-order valence-corrected chi connectivity index (χ4v) is 4.25. The molecule has 0 radical (unpaired) electrons. The second kappa shape index (κ2) is 8.89. The van der Waals surface area contributed by atoms with Gasteiger partial charge in [-0.1, -0.05) is 35.5 Å². The summed E-state index contributed by atoms with van der Waals surface area (Å²) < 4.78 is 34.8. The number of sulfone groups is 1. The van der Waals surface area contributed by atoms with Gasteiger partial charge < -0.3 is 14.2 Å². The highest BCUT2D eigenvalue weighted by molar-refractivity contribution is 7.90. The number of rotatable bonds is 6. The highest BCUT2D eigenvalue weighted by Gasteiger charge is 2.32. The first kappa shape index (κ1) is 21.0. The number of nitrogens with zero attached hydrogens (tertiary/aromatic N) is 3. The summed E-state index contributed by atoms with van der Waals surface area (Å²) in [4.78, 5) is 19.2. The van der Waals surface area contributed by atoms with Gasteiger partial charge in [-0.3, -0.25) is 4.79 Å². The van der Waals surface area contributed by atoms with Crippen LogP contribution in [0.2, 0.25) is 0 Å². The standard InChI is InChI=1S/C22H23N3O5S/c1-31(27,28)18-11-7-8-16(14-18)21-23-22(30-24-21)19-12-5-6-13-25(19)20(26)15-29-17-9-3-2-4-10-17/h2-4,7-11,14,19H,5-6,12-13,15H2,1H3/t19-/m0/s1. The summed E-state index contributed by atoms with van der Waals surface area (Å²) in [6.45, 7) is 0.515. The van der Waals surface area contributed by atoms with E-state index in [9.17, 15) is 13.2 Å². The van der Waals surface area contributed by atoms with Crippen molar-refractivity contribution in [3.05, 3.63) is 60.5 Å². The zero-order valence-electron chi connectivity index (χ0n) is 17.1. The van der Waals surface area contributed by atoms with Gasteiger partial charge in [-0.05, 0) is 43.5 Å². The molecule has 0 N–H and O–H groups in total. The van der Waals surface area contributed by atoms with Gasteiger partial charge in [0.25, 0.3) is 5.91 Å². The second-order valence-corrected chi connectivity index (χ2v) is 9.47. The molecular weight excluding hydrogens is 418 g/mol. The number of ether oxygens (including phenoxy) is 1. The quantitative estimate of drug-likeness (QED) is 0.578. The first-order chi connectivity index (χ1) is 14.9. The molecule has 1 atom stereocenters. The SMILES string of the molecule is CS(=O)(=O)c1cccc(-c2noc([C@@H]3CCCCN3C(=O)COc3ccccc3)n2)c1. The molecule has 2 aromatic carbocycles. The lowest BCUT2D eigenvalue weighted by Crippen LogP contribution is -2.41. The van der Waals surface area contributed by atoms with Crippen molar-refractivity contribution >= 4 is 15.7 Å². The highest BCUT2D eigenvalue weighted by atomic mass is 32.2. The summed E-state index contributed by atoms with van der Waals surface area (Å²) in [5, 5.41) is 4.02. The maximum Gasteiger partial charge on any atom is 0.261 e. The molecule has 0 spiro atoms. The first-order valence-electron chi connectivity index (χ1n) is 10.0. The van der Waals surface area contributed by atoms with Crippen molar-refractivity contribution in [1.29, 1.82) is 0 Å². The Morgan fingerprint density at radius 1 is 1.16 bits per heavy atom. The van der Waals surface area contributed by atoms with Crippen molar-refractivity contribution in [1.82, 2.24) is 15.0 Å². The number of amides is 1. The monoisotopic (exact) mass is 441 g/mol. The van der Waals surface area contributed by atoms with E-state index in [0.717, 1.165) is 19.1 Å². The number of hydrogen-bond acceptors (Lipinski definition) is 7. The molecule has 4 rings (SSSR count). The van der Waals surface area contributed by atoms with Crippen molar-refractivity contribution in [2.24, 2.45) is 0 Å². The number of carbonyl (C=O) groups excluding carboxylic acids is 1. The Morgan fingerprint density at radius 2 is 1.97 bits per heavy atom. The van der Waals surface area contributed by atoms with E-state index < -0.39 is 9.84 Å². The van der Waals surface area contributed by atoms with E-state index in [1.807, 2.05) is 18.2 Å². The van der Waals surface area contributed by atoms with Crippen molar-refractivity contribution in [3.63, 3.8) is 0 Å². The van der Waals surface area contributed by atoms with Gasteiger partial charge in [0.1, 0.15) is 11.8 Å². The molecule has 1 aliphatic heterocycles. The van der Waals surface area contributed by atoms with Crippen LogP contribution < -0.4 is 4.74 Å². The van der Waals surface area contributed by atoms with Crippen LogP contribution in [0.4, 0.5) is 0 Å². The number of likely N-dealkylation sites (tertiary alicyclic amines) is 1. The fraction of sp³-hybridized carbons (Fsp3) is 0.318. The van der Waals surface area contributed by atoms with Crippen LogP contribution in [0.15, 0.2) is 64.0 Å². The molecule has 0 bridgehead atoms. The average molecular weight is 442 g/mol. The molecule has 0 saturated carbocycles. The number of hydrogen-bond donors (Lipinski definition) is 0. The molecule has 0 unspecified atom stereocenters. The van der Waals surface area contributed by atoms with Crippen LogP contribution in [0, 0.1) is 0 Å². The number of carbonyl (C=O) groups is 1. The molecule has 1 saturated heterocycles. The number of benzene rings is 2. The fourth-order valence-electron chi connectivity index (χ4n) is 3.59. The molecule has 0 aliphatic carbocycles. The molecule has 1 amide bonds. The number of para-hydroxylation sites is 1. The summed E-state index contributed by atoms with van der Waals surface area (Å²) in [6.07, 6.45) is 3.69. The van der Waals surface area contributed by atoms with Crippen molar-refractivity contribution < 1.29 is 22.5 Å². The summed E-state index contributed by atoms with van der Waals surface area (Å²) in [7, 11) is -3.35. The van der Waals surface area contributed by atoms with Crippen molar-refractivity contribution in [2.75, 3.05) is 19.4 Å². The summed E-state index contributed by atoms with van der Waals surface area (Å²) in [5.74, 6) is 1.12. The Morgan fingerprint density at radius 3 is 2.74 bits per heavy atom. The molecule has 2 heterocycles. The predicted molar refractivity (Wildman–Crippen MR) is 113 cm³/mol. The molecule has 162 valence electrons. The van der Waals surface area contributed by atoms with Crippen molar-refractivity contribution in [3.8, 4) is 17.1 Å². The predicted octanol–water partition coefficient (Wildman–Crippen LogP) is 3.27. The van der Waals surface area contributed by atoms with Crippen LogP contribution in [-0.4, -0.2) is 48.8 Å². The smallest absolute Gasteiger partial charge is 0.261 e. The topological polar surface area (TPSA) is 103 Å². The van der Waals surface area contributed by atoms with Gasteiger partial charge in [-0.25, -0.2) is 8.42 Å². The first-order valence-corrected chi connectivity index (χ1v) is 11.9. The maximum absolute atomic E-state index is 12.8. The largest absolute Gasteiger partial charge is 0.484 e. The Labute approximate surface area is 180 Å². The summed E-state index contributed by atoms with van der Waals surface area (Å²) >= 11 is 0. The van der Waals surface area contributed by atoms with Crippen LogP contribution in [0.25, 0.3) is 11.4 Å².